The quantitative estimate of drug-likeness (QED) is 0.634. The van der Waals surface area contributed by atoms with Gasteiger partial charge in [-0.05, 0) is 0 Å². The van der Waals surface area contributed by atoms with Gasteiger partial charge in [0.05, 0.1) is 0 Å². The van der Waals surface area contributed by atoms with Crippen molar-refractivity contribution in [2.45, 2.75) is 11.5 Å². The van der Waals surface area contributed by atoms with Crippen LogP contribution in [0.3, 0.4) is 0 Å². The van der Waals surface area contributed by atoms with E-state index in [1.165, 1.54) is 10.8 Å². The second-order valence-corrected chi connectivity index (χ2v) is 14.7. The summed E-state index contributed by atoms with van der Waals surface area (Å²) in [6.45, 7) is 0. The minimum absolute atomic E-state index is 1.36. The van der Waals surface area contributed by atoms with E-state index < -0.39 is 13.3 Å². The van der Waals surface area contributed by atoms with E-state index in [4.69, 9.17) is 0 Å². The topological polar surface area (TPSA) is 0 Å². The van der Waals surface area contributed by atoms with Gasteiger partial charge in [-0.15, -0.1) is 0 Å². The third-order valence-corrected chi connectivity index (χ3v) is 11.4. The molecule has 3 aromatic carbocycles. The number of hydrogen-bond donors (Lipinski definition) is 0. The molecule has 0 spiro atoms. The van der Waals surface area contributed by atoms with Gasteiger partial charge in [0.25, 0.3) is 0 Å². The summed E-state index contributed by atoms with van der Waals surface area (Å²) in [5.74, 6) is 4.97. The average molecular weight is 307 g/mol. The fourth-order valence-corrected chi connectivity index (χ4v) is 8.55. The molecule has 0 N–H and O–H groups in total. The van der Waals surface area contributed by atoms with E-state index in [-0.39, 0.29) is 0 Å². The summed E-state index contributed by atoms with van der Waals surface area (Å²) < 4.78 is 3.11. The van der Waals surface area contributed by atoms with Crippen LogP contribution in [0.4, 0.5) is 0 Å². The molecule has 1 heteroatoms. The average Bonchev–Trinajstić information content (AvgIpc) is 2.47. The monoisotopic (exact) mass is 308 g/mol. The maximum atomic E-state index is 2.48. The predicted molar refractivity (Wildman–Crippen MR) is 87.1 cm³/mol. The summed E-state index contributed by atoms with van der Waals surface area (Å²) in [6.07, 6.45) is 0. The van der Waals surface area contributed by atoms with Gasteiger partial charge in [-0.25, -0.2) is 0 Å². The summed E-state index contributed by atoms with van der Waals surface area (Å²) in [4.78, 5) is 0. The molecule has 0 nitrogen and oxygen atoms in total. The van der Waals surface area contributed by atoms with Crippen LogP contribution in [0.2, 0.25) is 11.5 Å². The fraction of sp³-hybridized carbons (Fsp3) is 0.111. The number of hydrogen-bond acceptors (Lipinski definition) is 0. The molecule has 0 saturated heterocycles. The first-order chi connectivity index (χ1) is 9.19. The zero-order chi connectivity index (χ0) is 13.3. The Bertz CT molecular complexity index is 694. The van der Waals surface area contributed by atoms with Crippen molar-refractivity contribution in [3.05, 3.63) is 72.8 Å². The van der Waals surface area contributed by atoms with Crippen molar-refractivity contribution in [2.75, 3.05) is 0 Å². The molecule has 0 unspecified atom stereocenters. The third kappa shape index (κ3) is 2.21. The van der Waals surface area contributed by atoms with Crippen LogP contribution < -0.4 is 8.79 Å². The molecule has 0 bridgehead atoms. The van der Waals surface area contributed by atoms with Gasteiger partial charge in [-0.1, -0.05) is 0 Å². The molecule has 0 atom stereocenters. The van der Waals surface area contributed by atoms with Crippen molar-refractivity contribution >= 4 is 32.8 Å². The molecule has 0 aliphatic carbocycles. The van der Waals surface area contributed by atoms with Crippen LogP contribution >= 0.6 is 0 Å². The first-order valence-corrected chi connectivity index (χ1v) is 13.0. The van der Waals surface area contributed by atoms with E-state index in [9.17, 15) is 0 Å². The second kappa shape index (κ2) is 4.86. The van der Waals surface area contributed by atoms with Crippen molar-refractivity contribution in [3.63, 3.8) is 0 Å². The van der Waals surface area contributed by atoms with Crippen LogP contribution in [-0.4, -0.2) is 13.3 Å². The van der Waals surface area contributed by atoms with E-state index in [0.717, 1.165) is 0 Å². The maximum absolute atomic E-state index is 2.48. The molecule has 3 rings (SSSR count). The summed E-state index contributed by atoms with van der Waals surface area (Å²) in [5, 5.41) is 2.79. The molecular weight excluding hydrogens is 289 g/mol. The van der Waals surface area contributed by atoms with Crippen molar-refractivity contribution in [1.82, 2.24) is 0 Å². The molecule has 0 aliphatic heterocycles. The van der Waals surface area contributed by atoms with Crippen LogP contribution in [0.5, 0.6) is 0 Å². The van der Waals surface area contributed by atoms with Gasteiger partial charge in [0, 0.05) is 0 Å². The zero-order valence-corrected chi connectivity index (χ0v) is 13.5. The van der Waals surface area contributed by atoms with Crippen LogP contribution in [0.1, 0.15) is 0 Å². The van der Waals surface area contributed by atoms with E-state index in [1.807, 2.05) is 0 Å². The van der Waals surface area contributed by atoms with Crippen LogP contribution in [0.25, 0.3) is 10.8 Å². The van der Waals surface area contributed by atoms with E-state index in [0.29, 0.717) is 0 Å². The second-order valence-electron chi connectivity index (χ2n) is 5.52. The van der Waals surface area contributed by atoms with E-state index >= 15 is 0 Å². The summed E-state index contributed by atoms with van der Waals surface area (Å²) >= 11 is -2.19. The Morgan fingerprint density at radius 1 is 0.632 bits per heavy atom. The molecule has 0 saturated carbocycles. The Morgan fingerprint density at radius 3 is 2.05 bits per heavy atom. The van der Waals surface area contributed by atoms with Crippen molar-refractivity contribution < 1.29 is 0 Å². The van der Waals surface area contributed by atoms with Gasteiger partial charge >= 0.3 is 117 Å². The Balaban J connectivity index is 2.24. The van der Waals surface area contributed by atoms with E-state index in [2.05, 4.69) is 84.3 Å². The van der Waals surface area contributed by atoms with Crippen LogP contribution in [-0.2, 0) is 0 Å². The van der Waals surface area contributed by atoms with Crippen molar-refractivity contribution in [1.29, 1.82) is 0 Å². The van der Waals surface area contributed by atoms with Gasteiger partial charge in [-0.2, -0.15) is 0 Å². The molecular formula is C18H18Ge. The number of fused-ring (bicyclic) bond motifs is 1. The number of benzene rings is 3. The first-order valence-electron chi connectivity index (χ1n) is 6.73. The predicted octanol–water partition coefficient (Wildman–Crippen LogP) is 3.66. The van der Waals surface area contributed by atoms with Crippen LogP contribution in [0, 0.1) is 0 Å². The van der Waals surface area contributed by atoms with Crippen molar-refractivity contribution in [3.8, 4) is 0 Å². The van der Waals surface area contributed by atoms with Gasteiger partial charge in [0.15, 0.2) is 0 Å². The normalized spacial score (nSPS) is 11.7. The molecule has 19 heavy (non-hydrogen) atoms. The van der Waals surface area contributed by atoms with Gasteiger partial charge in [0.1, 0.15) is 0 Å². The summed E-state index contributed by atoms with van der Waals surface area (Å²) in [6, 6.07) is 26.5. The van der Waals surface area contributed by atoms with Gasteiger partial charge in [-0.3, -0.25) is 0 Å². The molecule has 0 fully saturated rings. The minimum atomic E-state index is -2.19. The fourth-order valence-electron chi connectivity index (χ4n) is 2.78. The van der Waals surface area contributed by atoms with Crippen molar-refractivity contribution in [2.24, 2.45) is 0 Å². The molecule has 0 heterocycles. The standard InChI is InChI=1S/C18H18Ge/c1-19(2,16-11-4-3-5-12-16)18-14-8-10-15-9-6-7-13-17(15)18/h3-14H,1-2H3. The third-order valence-electron chi connectivity index (χ3n) is 3.96. The molecule has 0 aliphatic rings. The van der Waals surface area contributed by atoms with E-state index in [1.54, 1.807) is 8.79 Å². The first kappa shape index (κ1) is 12.5. The SMILES string of the molecule is [CH3][Ge]([CH3])([c]1ccccc1)[c]1cccc2ccccc12. The Kier molecular flexibility index (Phi) is 3.20. The van der Waals surface area contributed by atoms with Gasteiger partial charge < -0.3 is 0 Å². The molecule has 94 valence electrons. The Hall–Kier alpha value is -1.54. The Labute approximate surface area is 117 Å². The number of rotatable bonds is 2. The Morgan fingerprint density at radius 2 is 1.26 bits per heavy atom. The molecule has 0 amide bonds. The molecule has 0 aromatic heterocycles. The molecule has 0 radical (unpaired) electrons. The summed E-state index contributed by atoms with van der Waals surface area (Å²) in [5.41, 5.74) is 0. The van der Waals surface area contributed by atoms with Gasteiger partial charge in [0.2, 0.25) is 0 Å². The summed E-state index contributed by atoms with van der Waals surface area (Å²) in [7, 11) is 0. The molecule has 3 aromatic rings. The zero-order valence-electron chi connectivity index (χ0n) is 11.4. The van der Waals surface area contributed by atoms with Crippen LogP contribution in [0.15, 0.2) is 72.8 Å².